The maximum atomic E-state index is 10.1. The minimum Gasteiger partial charge on any atom is -0.504 e. The van der Waals surface area contributed by atoms with Gasteiger partial charge in [0.1, 0.15) is 5.69 Å². The van der Waals surface area contributed by atoms with Crippen molar-refractivity contribution in [2.24, 2.45) is 0 Å². The molecule has 4 nitrogen and oxygen atoms in total. The molecule has 0 bridgehead atoms. The number of hydrogen-bond donors (Lipinski definition) is 1. The molecule has 4 heteroatoms. The molecule has 0 amide bonds. The number of fused-ring (bicyclic) bond motifs is 1. The number of hydrogen-bond acceptors (Lipinski definition) is 3. The van der Waals surface area contributed by atoms with Crippen LogP contribution in [0.15, 0.2) is 18.5 Å². The Balaban J connectivity index is 2.14. The topological polar surface area (TPSA) is 50.9 Å². The monoisotopic (exact) mass is 215 g/mol. The van der Waals surface area contributed by atoms with Gasteiger partial charge in [-0.2, -0.15) is 5.10 Å². The first-order valence-corrected chi connectivity index (χ1v) is 5.46. The van der Waals surface area contributed by atoms with Crippen molar-refractivity contribution in [1.29, 1.82) is 0 Å². The van der Waals surface area contributed by atoms with Crippen LogP contribution in [-0.4, -0.2) is 19.9 Å². The zero-order valence-electron chi connectivity index (χ0n) is 9.14. The minimum atomic E-state index is 0.324. The van der Waals surface area contributed by atoms with Crippen molar-refractivity contribution >= 4 is 0 Å². The van der Waals surface area contributed by atoms with Crippen LogP contribution in [0, 0.1) is 6.92 Å². The average Bonchev–Trinajstić information content (AvgIpc) is 2.82. The molecule has 0 fully saturated rings. The van der Waals surface area contributed by atoms with Gasteiger partial charge in [0.05, 0.1) is 5.69 Å². The van der Waals surface area contributed by atoms with E-state index < -0.39 is 0 Å². The number of pyridine rings is 1. The fourth-order valence-electron chi connectivity index (χ4n) is 2.19. The van der Waals surface area contributed by atoms with Crippen LogP contribution in [-0.2, 0) is 13.0 Å². The molecule has 82 valence electrons. The van der Waals surface area contributed by atoms with E-state index in [1.165, 1.54) is 0 Å². The van der Waals surface area contributed by atoms with Crippen molar-refractivity contribution in [2.75, 3.05) is 0 Å². The SMILES string of the molecule is Cc1cncc(-c2nn3c(c2O)CCC3)c1. The maximum absolute atomic E-state index is 10.1. The smallest absolute Gasteiger partial charge is 0.165 e. The summed E-state index contributed by atoms with van der Waals surface area (Å²) in [4.78, 5) is 4.12. The van der Waals surface area contributed by atoms with Crippen molar-refractivity contribution in [3.63, 3.8) is 0 Å². The van der Waals surface area contributed by atoms with E-state index >= 15 is 0 Å². The summed E-state index contributed by atoms with van der Waals surface area (Å²) in [6.07, 6.45) is 5.52. The highest BCUT2D eigenvalue weighted by molar-refractivity contribution is 5.67. The molecule has 0 saturated heterocycles. The lowest BCUT2D eigenvalue weighted by Crippen LogP contribution is -1.94. The van der Waals surface area contributed by atoms with E-state index in [1.807, 2.05) is 17.7 Å². The summed E-state index contributed by atoms with van der Waals surface area (Å²) in [5.41, 5.74) is 3.58. The quantitative estimate of drug-likeness (QED) is 0.790. The van der Waals surface area contributed by atoms with Crippen LogP contribution in [0.3, 0.4) is 0 Å². The molecule has 3 rings (SSSR count). The van der Waals surface area contributed by atoms with Crippen molar-refractivity contribution in [2.45, 2.75) is 26.3 Å². The number of rotatable bonds is 1. The number of aryl methyl sites for hydroxylation is 2. The van der Waals surface area contributed by atoms with Crippen molar-refractivity contribution < 1.29 is 5.11 Å². The highest BCUT2D eigenvalue weighted by atomic mass is 16.3. The van der Waals surface area contributed by atoms with Crippen molar-refractivity contribution in [1.82, 2.24) is 14.8 Å². The van der Waals surface area contributed by atoms with Crippen LogP contribution in [0.2, 0.25) is 0 Å². The fourth-order valence-corrected chi connectivity index (χ4v) is 2.19. The van der Waals surface area contributed by atoms with Gasteiger partial charge < -0.3 is 5.11 Å². The van der Waals surface area contributed by atoms with E-state index in [2.05, 4.69) is 10.1 Å². The Morgan fingerprint density at radius 2 is 2.25 bits per heavy atom. The molecule has 0 aromatic carbocycles. The normalized spacial score (nSPS) is 14.1. The van der Waals surface area contributed by atoms with E-state index in [0.717, 1.165) is 36.2 Å². The molecule has 1 N–H and O–H groups in total. The van der Waals surface area contributed by atoms with Crippen LogP contribution in [0.25, 0.3) is 11.3 Å². The van der Waals surface area contributed by atoms with Gasteiger partial charge in [0, 0.05) is 24.5 Å². The standard InChI is InChI=1S/C12H13N3O/c1-8-5-9(7-13-6-8)11-12(16)10-3-2-4-15(10)14-11/h5-7,16H,2-4H2,1H3. The van der Waals surface area contributed by atoms with Gasteiger partial charge in [-0.3, -0.25) is 9.67 Å². The summed E-state index contributed by atoms with van der Waals surface area (Å²) in [6.45, 7) is 2.89. The van der Waals surface area contributed by atoms with E-state index in [1.54, 1.807) is 12.4 Å². The summed E-state index contributed by atoms with van der Waals surface area (Å²) >= 11 is 0. The van der Waals surface area contributed by atoms with Crippen molar-refractivity contribution in [3.05, 3.63) is 29.7 Å². The van der Waals surface area contributed by atoms with Crippen LogP contribution < -0.4 is 0 Å². The highest BCUT2D eigenvalue weighted by Crippen LogP contribution is 2.34. The lowest BCUT2D eigenvalue weighted by molar-refractivity contribution is 0.470. The van der Waals surface area contributed by atoms with Gasteiger partial charge in [-0.25, -0.2) is 0 Å². The predicted octanol–water partition coefficient (Wildman–Crippen LogP) is 1.91. The van der Waals surface area contributed by atoms with E-state index in [4.69, 9.17) is 0 Å². The average molecular weight is 215 g/mol. The van der Waals surface area contributed by atoms with Gasteiger partial charge in [-0.15, -0.1) is 0 Å². The molecule has 2 aromatic heterocycles. The molecule has 0 unspecified atom stereocenters. The summed E-state index contributed by atoms with van der Waals surface area (Å²) in [5, 5.41) is 14.5. The molecule has 1 aliphatic heterocycles. The van der Waals surface area contributed by atoms with Crippen LogP contribution in [0.1, 0.15) is 17.7 Å². The molecule has 3 heterocycles. The molecular formula is C12H13N3O. The second-order valence-electron chi connectivity index (χ2n) is 4.22. The lowest BCUT2D eigenvalue weighted by atomic mass is 10.1. The first-order valence-electron chi connectivity index (χ1n) is 5.46. The van der Waals surface area contributed by atoms with Crippen LogP contribution in [0.5, 0.6) is 5.75 Å². The Morgan fingerprint density at radius 3 is 3.00 bits per heavy atom. The lowest BCUT2D eigenvalue weighted by Gasteiger charge is -1.99. The summed E-state index contributed by atoms with van der Waals surface area (Å²) < 4.78 is 1.90. The molecule has 2 aromatic rings. The zero-order chi connectivity index (χ0) is 11.1. The van der Waals surface area contributed by atoms with Gasteiger partial charge in [0.2, 0.25) is 0 Å². The zero-order valence-corrected chi connectivity index (χ0v) is 9.14. The van der Waals surface area contributed by atoms with Crippen LogP contribution >= 0.6 is 0 Å². The Kier molecular flexibility index (Phi) is 1.96. The molecule has 0 radical (unpaired) electrons. The largest absolute Gasteiger partial charge is 0.504 e. The summed E-state index contributed by atoms with van der Waals surface area (Å²) in [5.74, 6) is 0.324. The highest BCUT2D eigenvalue weighted by Gasteiger charge is 2.22. The third kappa shape index (κ3) is 1.30. The first kappa shape index (κ1) is 9.39. The Bertz CT molecular complexity index is 545. The second kappa shape index (κ2) is 3.33. The Morgan fingerprint density at radius 1 is 1.38 bits per heavy atom. The third-order valence-electron chi connectivity index (χ3n) is 2.96. The van der Waals surface area contributed by atoms with E-state index in [-0.39, 0.29) is 0 Å². The Labute approximate surface area is 93.6 Å². The number of aromatic hydroxyl groups is 1. The van der Waals surface area contributed by atoms with Gasteiger partial charge in [-0.1, -0.05) is 0 Å². The van der Waals surface area contributed by atoms with Gasteiger partial charge >= 0.3 is 0 Å². The summed E-state index contributed by atoms with van der Waals surface area (Å²) in [7, 11) is 0. The third-order valence-corrected chi connectivity index (χ3v) is 2.96. The Hall–Kier alpha value is -1.84. The fraction of sp³-hybridized carbons (Fsp3) is 0.333. The molecule has 0 aliphatic carbocycles. The molecule has 0 atom stereocenters. The maximum Gasteiger partial charge on any atom is 0.165 e. The van der Waals surface area contributed by atoms with Crippen molar-refractivity contribution in [3.8, 4) is 17.0 Å². The number of aromatic nitrogens is 3. The molecular weight excluding hydrogens is 202 g/mol. The summed E-state index contributed by atoms with van der Waals surface area (Å²) in [6, 6.07) is 1.99. The molecule has 16 heavy (non-hydrogen) atoms. The van der Waals surface area contributed by atoms with Gasteiger partial charge in [-0.05, 0) is 31.4 Å². The van der Waals surface area contributed by atoms with Gasteiger partial charge in [0.25, 0.3) is 0 Å². The van der Waals surface area contributed by atoms with Crippen LogP contribution in [0.4, 0.5) is 0 Å². The second-order valence-corrected chi connectivity index (χ2v) is 4.22. The molecule has 0 saturated carbocycles. The first-order chi connectivity index (χ1) is 7.75. The minimum absolute atomic E-state index is 0.324. The van der Waals surface area contributed by atoms with E-state index in [9.17, 15) is 5.11 Å². The molecule has 1 aliphatic rings. The molecule has 0 spiro atoms. The van der Waals surface area contributed by atoms with Gasteiger partial charge in [0.15, 0.2) is 5.75 Å². The predicted molar refractivity (Wildman–Crippen MR) is 60.2 cm³/mol. The number of nitrogens with zero attached hydrogens (tertiary/aromatic N) is 3. The van der Waals surface area contributed by atoms with E-state index in [0.29, 0.717) is 11.4 Å².